The first-order chi connectivity index (χ1) is 9.15. The molecule has 0 atom stereocenters. The fourth-order valence-corrected chi connectivity index (χ4v) is 1.57. The number of ether oxygens (including phenoxy) is 1. The number of carbonyl (C=O) groups excluding carboxylic acids is 1. The third-order valence-electron chi connectivity index (χ3n) is 2.45. The summed E-state index contributed by atoms with van der Waals surface area (Å²) in [5.41, 5.74) is 0.929. The van der Waals surface area contributed by atoms with Crippen molar-refractivity contribution in [1.82, 2.24) is 20.5 Å². The molecular formula is C13H16N4O2. The molecule has 1 aromatic heterocycles. The Morgan fingerprint density at radius 1 is 1.37 bits per heavy atom. The summed E-state index contributed by atoms with van der Waals surface area (Å²) in [5, 5.41) is 9.56. The average molecular weight is 260 g/mol. The number of carbonyl (C=O) groups is 1. The molecule has 2 N–H and O–H groups in total. The number of rotatable bonds is 5. The molecule has 0 fully saturated rings. The lowest BCUT2D eigenvalue weighted by Gasteiger charge is -2.06. The molecule has 2 rings (SSSR count). The van der Waals surface area contributed by atoms with Gasteiger partial charge in [-0.25, -0.2) is 4.98 Å². The summed E-state index contributed by atoms with van der Waals surface area (Å²) in [6.07, 6.45) is 0. The minimum absolute atomic E-state index is 0.0566. The van der Waals surface area contributed by atoms with Gasteiger partial charge >= 0.3 is 0 Å². The van der Waals surface area contributed by atoms with Crippen molar-refractivity contribution in [1.29, 1.82) is 0 Å². The number of aryl methyl sites for hydroxylation is 1. The number of benzene rings is 1. The lowest BCUT2D eigenvalue weighted by molar-refractivity contribution is -0.119. The van der Waals surface area contributed by atoms with E-state index in [4.69, 9.17) is 4.74 Å². The molecule has 6 nitrogen and oxygen atoms in total. The van der Waals surface area contributed by atoms with Gasteiger partial charge in [0.1, 0.15) is 18.2 Å². The van der Waals surface area contributed by atoms with Gasteiger partial charge in [0.15, 0.2) is 5.82 Å². The van der Waals surface area contributed by atoms with E-state index in [-0.39, 0.29) is 5.91 Å². The molecule has 0 aliphatic carbocycles. The normalized spacial score (nSPS) is 10.2. The summed E-state index contributed by atoms with van der Waals surface area (Å²) < 4.78 is 5.49. The number of hydrogen-bond donors (Lipinski definition) is 2. The summed E-state index contributed by atoms with van der Waals surface area (Å²) in [6.45, 7) is 4.28. The second-order valence-electron chi connectivity index (χ2n) is 4.10. The van der Waals surface area contributed by atoms with Gasteiger partial charge in [-0.15, -0.1) is 0 Å². The Labute approximate surface area is 111 Å². The molecule has 0 aliphatic rings. The van der Waals surface area contributed by atoms with Crippen LogP contribution in [0.25, 0.3) is 11.4 Å². The summed E-state index contributed by atoms with van der Waals surface area (Å²) in [4.78, 5) is 14.9. The van der Waals surface area contributed by atoms with E-state index in [2.05, 4.69) is 20.5 Å². The van der Waals surface area contributed by atoms with Gasteiger partial charge in [-0.05, 0) is 31.2 Å². The SMILES string of the molecule is CC(=O)NCCOc1ccc(-c2n[nH]c(C)n2)cc1. The molecule has 100 valence electrons. The Balaban J connectivity index is 1.90. The third kappa shape index (κ3) is 3.80. The van der Waals surface area contributed by atoms with Crippen LogP contribution in [0.2, 0.25) is 0 Å². The molecule has 0 spiro atoms. The van der Waals surface area contributed by atoms with E-state index >= 15 is 0 Å². The highest BCUT2D eigenvalue weighted by atomic mass is 16.5. The van der Waals surface area contributed by atoms with Crippen molar-refractivity contribution in [2.45, 2.75) is 13.8 Å². The Kier molecular flexibility index (Phi) is 4.12. The largest absolute Gasteiger partial charge is 0.492 e. The smallest absolute Gasteiger partial charge is 0.216 e. The zero-order valence-electron chi connectivity index (χ0n) is 10.9. The molecule has 0 saturated carbocycles. The summed E-state index contributed by atoms with van der Waals surface area (Å²) >= 11 is 0. The predicted octanol–water partition coefficient (Wildman–Crippen LogP) is 1.30. The van der Waals surface area contributed by atoms with Crippen molar-refractivity contribution in [3.05, 3.63) is 30.1 Å². The monoisotopic (exact) mass is 260 g/mol. The average Bonchev–Trinajstić information content (AvgIpc) is 2.82. The summed E-state index contributed by atoms with van der Waals surface area (Å²) in [6, 6.07) is 7.51. The molecule has 0 bridgehead atoms. The number of amides is 1. The fraction of sp³-hybridized carbons (Fsp3) is 0.308. The Bertz CT molecular complexity index is 548. The first kappa shape index (κ1) is 13.1. The first-order valence-electron chi connectivity index (χ1n) is 6.02. The van der Waals surface area contributed by atoms with Gasteiger partial charge in [-0.2, -0.15) is 5.10 Å². The van der Waals surface area contributed by atoms with Gasteiger partial charge in [0, 0.05) is 12.5 Å². The van der Waals surface area contributed by atoms with Crippen molar-refractivity contribution in [3.63, 3.8) is 0 Å². The molecule has 0 saturated heterocycles. The standard InChI is InChI=1S/C13H16N4O2/c1-9-15-13(17-16-9)11-3-5-12(6-4-11)19-8-7-14-10(2)18/h3-6H,7-8H2,1-2H3,(H,14,18)(H,15,16,17). The van der Waals surface area contributed by atoms with Crippen LogP contribution in [-0.2, 0) is 4.79 Å². The maximum Gasteiger partial charge on any atom is 0.216 e. The van der Waals surface area contributed by atoms with E-state index in [1.165, 1.54) is 6.92 Å². The second-order valence-corrected chi connectivity index (χ2v) is 4.10. The molecule has 19 heavy (non-hydrogen) atoms. The molecule has 1 heterocycles. The van der Waals surface area contributed by atoms with Crippen molar-refractivity contribution in [3.8, 4) is 17.1 Å². The highest BCUT2D eigenvalue weighted by Gasteiger charge is 2.03. The van der Waals surface area contributed by atoms with Crippen LogP contribution in [0.3, 0.4) is 0 Å². The quantitative estimate of drug-likeness (QED) is 0.794. The molecule has 2 aromatic rings. The van der Waals surface area contributed by atoms with Crippen LogP contribution in [0.4, 0.5) is 0 Å². The van der Waals surface area contributed by atoms with Gasteiger partial charge in [0.25, 0.3) is 0 Å². The van der Waals surface area contributed by atoms with Crippen molar-refractivity contribution >= 4 is 5.91 Å². The van der Waals surface area contributed by atoms with Crippen LogP contribution in [-0.4, -0.2) is 34.2 Å². The van der Waals surface area contributed by atoms with Crippen LogP contribution in [0.15, 0.2) is 24.3 Å². The Morgan fingerprint density at radius 3 is 2.68 bits per heavy atom. The summed E-state index contributed by atoms with van der Waals surface area (Å²) in [5.74, 6) is 2.15. The number of nitrogens with zero attached hydrogens (tertiary/aromatic N) is 2. The maximum atomic E-state index is 10.7. The van der Waals surface area contributed by atoms with Crippen LogP contribution in [0, 0.1) is 6.92 Å². The van der Waals surface area contributed by atoms with Gasteiger partial charge in [0.05, 0.1) is 6.54 Å². The number of aromatic amines is 1. The zero-order chi connectivity index (χ0) is 13.7. The van der Waals surface area contributed by atoms with Gasteiger partial charge in [0.2, 0.25) is 5.91 Å². The zero-order valence-corrected chi connectivity index (χ0v) is 10.9. The maximum absolute atomic E-state index is 10.7. The van der Waals surface area contributed by atoms with E-state index < -0.39 is 0 Å². The molecule has 0 radical (unpaired) electrons. The second kappa shape index (κ2) is 5.99. The number of nitrogens with one attached hydrogen (secondary N) is 2. The minimum atomic E-state index is -0.0566. The molecular weight excluding hydrogens is 244 g/mol. The van der Waals surface area contributed by atoms with Gasteiger partial charge < -0.3 is 10.1 Å². The molecule has 0 unspecified atom stereocenters. The topological polar surface area (TPSA) is 79.9 Å². The number of hydrogen-bond acceptors (Lipinski definition) is 4. The van der Waals surface area contributed by atoms with E-state index in [1.54, 1.807) is 0 Å². The van der Waals surface area contributed by atoms with Crippen molar-refractivity contribution in [2.24, 2.45) is 0 Å². The van der Waals surface area contributed by atoms with E-state index in [0.29, 0.717) is 19.0 Å². The van der Waals surface area contributed by atoms with E-state index in [0.717, 1.165) is 17.1 Å². The number of aromatic nitrogens is 3. The molecule has 0 aliphatic heterocycles. The minimum Gasteiger partial charge on any atom is -0.492 e. The van der Waals surface area contributed by atoms with Crippen LogP contribution in [0.5, 0.6) is 5.75 Å². The lowest BCUT2D eigenvalue weighted by atomic mass is 10.2. The number of H-pyrrole nitrogens is 1. The van der Waals surface area contributed by atoms with E-state index in [9.17, 15) is 4.79 Å². The van der Waals surface area contributed by atoms with Crippen LogP contribution < -0.4 is 10.1 Å². The fourth-order valence-electron chi connectivity index (χ4n) is 1.57. The molecule has 6 heteroatoms. The molecule has 1 amide bonds. The van der Waals surface area contributed by atoms with Gasteiger partial charge in [-0.1, -0.05) is 0 Å². The third-order valence-corrected chi connectivity index (χ3v) is 2.45. The Morgan fingerprint density at radius 2 is 2.11 bits per heavy atom. The lowest BCUT2D eigenvalue weighted by Crippen LogP contribution is -2.25. The highest BCUT2D eigenvalue weighted by molar-refractivity contribution is 5.72. The summed E-state index contributed by atoms with van der Waals surface area (Å²) in [7, 11) is 0. The van der Waals surface area contributed by atoms with Crippen molar-refractivity contribution < 1.29 is 9.53 Å². The van der Waals surface area contributed by atoms with E-state index in [1.807, 2.05) is 31.2 Å². The molecule has 1 aromatic carbocycles. The van der Waals surface area contributed by atoms with Crippen LogP contribution in [0.1, 0.15) is 12.7 Å². The Hall–Kier alpha value is -2.37. The van der Waals surface area contributed by atoms with Crippen molar-refractivity contribution in [2.75, 3.05) is 13.2 Å². The predicted molar refractivity (Wildman–Crippen MR) is 70.7 cm³/mol. The first-order valence-corrected chi connectivity index (χ1v) is 6.02. The van der Waals surface area contributed by atoms with Crippen LogP contribution >= 0.6 is 0 Å². The highest BCUT2D eigenvalue weighted by Crippen LogP contribution is 2.18. The van der Waals surface area contributed by atoms with Gasteiger partial charge in [-0.3, -0.25) is 9.89 Å².